The molecule has 0 unspecified atom stereocenters. The van der Waals surface area contributed by atoms with Gasteiger partial charge in [0, 0.05) is 41.6 Å². The molecular formula is C18H17ClN4OS. The van der Waals surface area contributed by atoms with Crippen molar-refractivity contribution >= 4 is 44.9 Å². The molecule has 2 aromatic heterocycles. The molecule has 0 spiro atoms. The number of piperazine rings is 1. The van der Waals surface area contributed by atoms with Crippen LogP contribution in [0.25, 0.3) is 10.2 Å². The third kappa shape index (κ3) is 3.19. The second-order valence-corrected chi connectivity index (χ2v) is 7.73. The fourth-order valence-electron chi connectivity index (χ4n) is 3.14. The van der Waals surface area contributed by atoms with Crippen LogP contribution in [0.4, 0.5) is 5.82 Å². The first-order chi connectivity index (χ1) is 12.1. The van der Waals surface area contributed by atoms with Gasteiger partial charge in [-0.25, -0.2) is 9.97 Å². The predicted octanol–water partition coefficient (Wildman–Crippen LogP) is 3.62. The van der Waals surface area contributed by atoms with E-state index in [1.54, 1.807) is 29.8 Å². The second kappa shape index (κ2) is 6.61. The van der Waals surface area contributed by atoms with E-state index in [1.807, 2.05) is 17.0 Å². The van der Waals surface area contributed by atoms with Crippen LogP contribution in [0.2, 0.25) is 5.02 Å². The summed E-state index contributed by atoms with van der Waals surface area (Å²) >= 11 is 7.68. The lowest BCUT2D eigenvalue weighted by Crippen LogP contribution is -2.49. The number of thiophene rings is 1. The highest BCUT2D eigenvalue weighted by molar-refractivity contribution is 7.18. The van der Waals surface area contributed by atoms with Crippen molar-refractivity contribution < 1.29 is 4.79 Å². The van der Waals surface area contributed by atoms with Gasteiger partial charge in [0.05, 0.1) is 5.39 Å². The molecule has 1 aromatic carbocycles. The fraction of sp³-hybridized carbons (Fsp3) is 0.278. The molecule has 0 saturated carbocycles. The predicted molar refractivity (Wildman–Crippen MR) is 102 cm³/mol. The summed E-state index contributed by atoms with van der Waals surface area (Å²) in [6.07, 6.45) is 1.62. The molecule has 1 saturated heterocycles. The van der Waals surface area contributed by atoms with Gasteiger partial charge in [-0.3, -0.25) is 4.79 Å². The maximum Gasteiger partial charge on any atom is 0.254 e. The number of carbonyl (C=O) groups is 1. The van der Waals surface area contributed by atoms with Gasteiger partial charge < -0.3 is 9.80 Å². The van der Waals surface area contributed by atoms with Gasteiger partial charge in [0.15, 0.2) is 0 Å². The molecule has 0 atom stereocenters. The van der Waals surface area contributed by atoms with E-state index in [1.165, 1.54) is 4.88 Å². The Labute approximate surface area is 154 Å². The van der Waals surface area contributed by atoms with Gasteiger partial charge in [-0.15, -0.1) is 11.3 Å². The lowest BCUT2D eigenvalue weighted by atomic mass is 10.2. The number of carbonyl (C=O) groups excluding carboxylic acids is 1. The van der Waals surface area contributed by atoms with E-state index in [9.17, 15) is 4.79 Å². The monoisotopic (exact) mass is 372 g/mol. The quantitative estimate of drug-likeness (QED) is 0.689. The fourth-order valence-corrected chi connectivity index (χ4v) is 4.17. The molecule has 7 heteroatoms. The zero-order chi connectivity index (χ0) is 17.4. The van der Waals surface area contributed by atoms with Crippen molar-refractivity contribution in [3.05, 3.63) is 52.1 Å². The number of nitrogens with zero attached hydrogens (tertiary/aromatic N) is 4. The standard InChI is InChI=1S/C18H17ClN4OS/c1-12-9-15-16(20-11-21-17(15)25-12)22-5-7-23(8-6-22)18(24)13-3-2-4-14(19)10-13/h2-4,9-11H,5-8H2,1H3. The molecule has 0 radical (unpaired) electrons. The van der Waals surface area contributed by atoms with Crippen molar-refractivity contribution in [2.45, 2.75) is 6.92 Å². The average Bonchev–Trinajstić information content (AvgIpc) is 3.01. The van der Waals surface area contributed by atoms with Crippen LogP contribution in [0.5, 0.6) is 0 Å². The Bertz CT molecular complexity index is 934. The maximum atomic E-state index is 12.6. The number of benzene rings is 1. The van der Waals surface area contributed by atoms with E-state index < -0.39 is 0 Å². The molecule has 0 aliphatic carbocycles. The third-order valence-corrected chi connectivity index (χ3v) is 5.56. The minimum absolute atomic E-state index is 0.0290. The van der Waals surface area contributed by atoms with Crippen molar-refractivity contribution in [1.82, 2.24) is 14.9 Å². The number of hydrogen-bond acceptors (Lipinski definition) is 5. The number of aromatic nitrogens is 2. The smallest absolute Gasteiger partial charge is 0.254 e. The van der Waals surface area contributed by atoms with E-state index in [4.69, 9.17) is 11.6 Å². The van der Waals surface area contributed by atoms with E-state index in [0.29, 0.717) is 23.7 Å². The molecular weight excluding hydrogens is 356 g/mol. The lowest BCUT2D eigenvalue weighted by Gasteiger charge is -2.35. The molecule has 25 heavy (non-hydrogen) atoms. The highest BCUT2D eigenvalue weighted by Crippen LogP contribution is 2.30. The SMILES string of the molecule is Cc1cc2c(N3CCN(C(=O)c4cccc(Cl)c4)CC3)ncnc2s1. The number of anilines is 1. The first kappa shape index (κ1) is 16.3. The maximum absolute atomic E-state index is 12.6. The first-order valence-electron chi connectivity index (χ1n) is 8.13. The molecule has 1 aliphatic heterocycles. The second-order valence-electron chi connectivity index (χ2n) is 6.06. The average molecular weight is 373 g/mol. The van der Waals surface area contributed by atoms with Crippen LogP contribution in [-0.2, 0) is 0 Å². The largest absolute Gasteiger partial charge is 0.352 e. The molecule has 0 N–H and O–H groups in total. The minimum Gasteiger partial charge on any atom is -0.352 e. The van der Waals surface area contributed by atoms with Crippen LogP contribution in [-0.4, -0.2) is 47.0 Å². The van der Waals surface area contributed by atoms with Gasteiger partial charge in [0.2, 0.25) is 0 Å². The van der Waals surface area contributed by atoms with E-state index in [2.05, 4.69) is 27.9 Å². The summed E-state index contributed by atoms with van der Waals surface area (Å²) in [6.45, 7) is 4.93. The number of halogens is 1. The van der Waals surface area contributed by atoms with Gasteiger partial charge in [-0.2, -0.15) is 0 Å². The Morgan fingerprint density at radius 2 is 1.96 bits per heavy atom. The molecule has 128 valence electrons. The molecule has 1 aliphatic rings. The van der Waals surface area contributed by atoms with Gasteiger partial charge in [0.25, 0.3) is 5.91 Å². The number of hydrogen-bond donors (Lipinski definition) is 0. The Morgan fingerprint density at radius 1 is 1.16 bits per heavy atom. The Morgan fingerprint density at radius 3 is 2.72 bits per heavy atom. The molecule has 4 rings (SSSR count). The minimum atomic E-state index is 0.0290. The van der Waals surface area contributed by atoms with Crippen LogP contribution in [0.15, 0.2) is 36.7 Å². The molecule has 3 heterocycles. The van der Waals surface area contributed by atoms with Crippen molar-refractivity contribution in [3.8, 4) is 0 Å². The number of rotatable bonds is 2. The summed E-state index contributed by atoms with van der Waals surface area (Å²) in [5.41, 5.74) is 0.638. The lowest BCUT2D eigenvalue weighted by molar-refractivity contribution is 0.0746. The summed E-state index contributed by atoms with van der Waals surface area (Å²) in [4.78, 5) is 27.8. The van der Waals surface area contributed by atoms with Crippen molar-refractivity contribution in [2.24, 2.45) is 0 Å². The molecule has 0 bridgehead atoms. The summed E-state index contributed by atoms with van der Waals surface area (Å²) in [5.74, 6) is 0.991. The Balaban J connectivity index is 1.50. The molecule has 3 aromatic rings. The molecule has 1 amide bonds. The van der Waals surface area contributed by atoms with Crippen LogP contribution in [0.3, 0.4) is 0 Å². The first-order valence-corrected chi connectivity index (χ1v) is 9.32. The number of amides is 1. The highest BCUT2D eigenvalue weighted by atomic mass is 35.5. The summed E-state index contributed by atoms with van der Waals surface area (Å²) < 4.78 is 0. The third-order valence-electron chi connectivity index (χ3n) is 4.37. The topological polar surface area (TPSA) is 49.3 Å². The number of fused-ring (bicyclic) bond motifs is 1. The molecule has 1 fully saturated rings. The van der Waals surface area contributed by atoms with Crippen LogP contribution in [0, 0.1) is 6.92 Å². The van der Waals surface area contributed by atoms with Gasteiger partial charge in [0.1, 0.15) is 17.0 Å². The van der Waals surface area contributed by atoms with Crippen molar-refractivity contribution in [2.75, 3.05) is 31.1 Å². The van der Waals surface area contributed by atoms with E-state index in [0.717, 1.165) is 29.1 Å². The zero-order valence-electron chi connectivity index (χ0n) is 13.8. The summed E-state index contributed by atoms with van der Waals surface area (Å²) in [5, 5.41) is 1.68. The van der Waals surface area contributed by atoms with Crippen LogP contribution < -0.4 is 4.90 Å². The van der Waals surface area contributed by atoms with Crippen molar-refractivity contribution in [1.29, 1.82) is 0 Å². The molecule has 5 nitrogen and oxygen atoms in total. The zero-order valence-corrected chi connectivity index (χ0v) is 15.3. The summed E-state index contributed by atoms with van der Waals surface area (Å²) in [7, 11) is 0. The highest BCUT2D eigenvalue weighted by Gasteiger charge is 2.24. The van der Waals surface area contributed by atoms with E-state index >= 15 is 0 Å². The van der Waals surface area contributed by atoms with Crippen LogP contribution in [0.1, 0.15) is 15.2 Å². The van der Waals surface area contributed by atoms with E-state index in [-0.39, 0.29) is 5.91 Å². The Kier molecular flexibility index (Phi) is 4.31. The van der Waals surface area contributed by atoms with Gasteiger partial charge in [-0.05, 0) is 31.2 Å². The van der Waals surface area contributed by atoms with Gasteiger partial charge in [-0.1, -0.05) is 17.7 Å². The Hall–Kier alpha value is -2.18. The van der Waals surface area contributed by atoms with Gasteiger partial charge >= 0.3 is 0 Å². The van der Waals surface area contributed by atoms with Crippen LogP contribution >= 0.6 is 22.9 Å². The summed E-state index contributed by atoms with van der Waals surface area (Å²) in [6, 6.07) is 9.25. The van der Waals surface area contributed by atoms with Crippen molar-refractivity contribution in [3.63, 3.8) is 0 Å². The normalized spacial score (nSPS) is 15.0. The number of aryl methyl sites for hydroxylation is 1.